The first-order valence-electron chi connectivity index (χ1n) is 9.74. The number of rotatable bonds is 7. The first-order chi connectivity index (χ1) is 15.7. The Hall–Kier alpha value is -2.64. The molecule has 0 bridgehead atoms. The van der Waals surface area contributed by atoms with E-state index in [1.54, 1.807) is 6.26 Å². The summed E-state index contributed by atoms with van der Waals surface area (Å²) in [6, 6.07) is 0.784. The van der Waals surface area contributed by atoms with Crippen LogP contribution in [0, 0.1) is 17.5 Å². The minimum absolute atomic E-state index is 0.0411. The van der Waals surface area contributed by atoms with Gasteiger partial charge in [0, 0.05) is 26.5 Å². The summed E-state index contributed by atoms with van der Waals surface area (Å²) in [4.78, 5) is 23.2. The second kappa shape index (κ2) is 10.5. The van der Waals surface area contributed by atoms with Crippen LogP contribution in [0.1, 0.15) is 19.9 Å². The summed E-state index contributed by atoms with van der Waals surface area (Å²) < 4.78 is 64.2. The number of benzene rings is 1. The van der Waals surface area contributed by atoms with Crippen LogP contribution in [0.4, 0.5) is 13.2 Å². The molecule has 13 heteroatoms. The third-order valence-corrected chi connectivity index (χ3v) is 5.81. The van der Waals surface area contributed by atoms with E-state index in [2.05, 4.69) is 10.3 Å². The van der Waals surface area contributed by atoms with Crippen LogP contribution < -0.4 is 0 Å². The molecule has 1 aliphatic heterocycles. The Labute approximate surface area is 191 Å². The van der Waals surface area contributed by atoms with E-state index in [4.69, 9.17) is 18.9 Å². The molecule has 2 aromatic rings. The summed E-state index contributed by atoms with van der Waals surface area (Å²) in [5.41, 5.74) is -0.561. The smallest absolute Gasteiger partial charge is 0.303 e. The molecule has 9 nitrogen and oxygen atoms in total. The van der Waals surface area contributed by atoms with Gasteiger partial charge in [0.1, 0.15) is 36.0 Å². The van der Waals surface area contributed by atoms with E-state index < -0.39 is 59.2 Å². The third kappa shape index (κ3) is 5.47. The van der Waals surface area contributed by atoms with Crippen LogP contribution in [0.2, 0.25) is 0 Å². The molecule has 1 fully saturated rings. The van der Waals surface area contributed by atoms with Gasteiger partial charge in [-0.05, 0) is 18.4 Å². The number of methoxy groups -OCH3 is 1. The van der Waals surface area contributed by atoms with Crippen LogP contribution in [0.15, 0.2) is 18.3 Å². The molecular formula is C20H22F3N3O6S. The molecule has 180 valence electrons. The zero-order valence-electron chi connectivity index (χ0n) is 18.2. The first-order valence-corrected chi connectivity index (χ1v) is 11.0. The Morgan fingerprint density at radius 1 is 1.15 bits per heavy atom. The molecule has 33 heavy (non-hydrogen) atoms. The highest BCUT2D eigenvalue weighted by atomic mass is 32.2. The van der Waals surface area contributed by atoms with Gasteiger partial charge in [-0.25, -0.2) is 17.9 Å². The Balaban J connectivity index is 2.03. The number of nitrogens with zero attached hydrogens (tertiary/aromatic N) is 3. The van der Waals surface area contributed by atoms with Crippen molar-refractivity contribution < 1.29 is 41.7 Å². The summed E-state index contributed by atoms with van der Waals surface area (Å²) in [5.74, 6) is -5.51. The molecular weight excluding hydrogens is 467 g/mol. The number of hydrogen-bond acceptors (Lipinski definition) is 9. The number of hydrogen-bond donors (Lipinski definition) is 0. The van der Waals surface area contributed by atoms with Crippen molar-refractivity contribution in [1.82, 2.24) is 15.0 Å². The zero-order chi connectivity index (χ0) is 24.3. The maximum atomic E-state index is 13.7. The SMILES string of the molecule is CO[C@@H]1[C@@H](n2cc(-c3cc(F)c(F)c(F)c3)nn2)[C@@H](OC(C)=O)[C@@H](COC(C)=O)O[C@H]1SC. The lowest BCUT2D eigenvalue weighted by molar-refractivity contribution is -0.208. The molecule has 2 heterocycles. The summed E-state index contributed by atoms with van der Waals surface area (Å²) in [5, 5.41) is 7.97. The number of thioether (sulfide) groups is 1. The standard InChI is InChI=1S/C20H22F3N3O6S/c1-9(27)30-8-15-18(31-10(2)28)17(19(29-3)20(32-15)33-4)26-7-14(24-25-26)11-5-12(21)16(23)13(22)6-11/h5-7,15,17-20H,8H2,1-4H3/t15-,17+,18+,19-,20+/m1/s1. The van der Waals surface area contributed by atoms with E-state index in [1.807, 2.05) is 0 Å². The van der Waals surface area contributed by atoms with Crippen molar-refractivity contribution >= 4 is 23.7 Å². The second-order valence-electron chi connectivity index (χ2n) is 7.18. The molecule has 0 saturated carbocycles. The molecule has 3 rings (SSSR count). The summed E-state index contributed by atoms with van der Waals surface area (Å²) in [6.45, 7) is 2.24. The summed E-state index contributed by atoms with van der Waals surface area (Å²) >= 11 is 1.31. The number of carbonyl (C=O) groups excluding carboxylic acids is 2. The Morgan fingerprint density at radius 3 is 2.36 bits per heavy atom. The van der Waals surface area contributed by atoms with Crippen molar-refractivity contribution in [3.63, 3.8) is 0 Å². The van der Waals surface area contributed by atoms with Crippen LogP contribution in [0.3, 0.4) is 0 Å². The zero-order valence-corrected chi connectivity index (χ0v) is 19.0. The van der Waals surface area contributed by atoms with E-state index in [1.165, 1.54) is 43.6 Å². The van der Waals surface area contributed by atoms with Crippen LogP contribution >= 0.6 is 11.8 Å². The van der Waals surface area contributed by atoms with Gasteiger partial charge in [-0.15, -0.1) is 16.9 Å². The van der Waals surface area contributed by atoms with Crippen molar-refractivity contribution in [2.45, 2.75) is 43.6 Å². The van der Waals surface area contributed by atoms with Gasteiger partial charge < -0.3 is 18.9 Å². The van der Waals surface area contributed by atoms with Crippen molar-refractivity contribution in [3.8, 4) is 11.3 Å². The molecule has 0 amide bonds. The van der Waals surface area contributed by atoms with E-state index >= 15 is 0 Å². The van der Waals surface area contributed by atoms with Gasteiger partial charge in [0.15, 0.2) is 23.6 Å². The van der Waals surface area contributed by atoms with Gasteiger partial charge in [0.2, 0.25) is 0 Å². The molecule has 1 saturated heterocycles. The summed E-state index contributed by atoms with van der Waals surface area (Å²) in [7, 11) is 1.43. The third-order valence-electron chi connectivity index (χ3n) is 4.97. The lowest BCUT2D eigenvalue weighted by atomic mass is 9.96. The number of carbonyl (C=O) groups is 2. The van der Waals surface area contributed by atoms with E-state index in [0.717, 1.165) is 12.1 Å². The van der Waals surface area contributed by atoms with Crippen LogP contribution in [-0.2, 0) is 28.5 Å². The molecule has 0 N–H and O–H groups in total. The molecule has 5 atom stereocenters. The Morgan fingerprint density at radius 2 is 1.82 bits per heavy atom. The lowest BCUT2D eigenvalue weighted by Crippen LogP contribution is -2.57. The van der Waals surface area contributed by atoms with Crippen LogP contribution in [0.25, 0.3) is 11.3 Å². The van der Waals surface area contributed by atoms with Crippen molar-refractivity contribution in [3.05, 3.63) is 35.8 Å². The fourth-order valence-corrected chi connectivity index (χ4v) is 4.36. The molecule has 0 unspecified atom stereocenters. The van der Waals surface area contributed by atoms with Gasteiger partial charge >= 0.3 is 11.9 Å². The molecule has 1 aliphatic rings. The highest BCUT2D eigenvalue weighted by Crippen LogP contribution is 2.38. The largest absolute Gasteiger partial charge is 0.463 e. The van der Waals surface area contributed by atoms with Gasteiger partial charge in [-0.1, -0.05) is 5.21 Å². The van der Waals surface area contributed by atoms with E-state index in [9.17, 15) is 22.8 Å². The van der Waals surface area contributed by atoms with Gasteiger partial charge in [-0.2, -0.15) is 0 Å². The predicted molar refractivity (Wildman–Crippen MR) is 110 cm³/mol. The number of esters is 2. The molecule has 0 spiro atoms. The highest BCUT2D eigenvalue weighted by molar-refractivity contribution is 7.99. The maximum Gasteiger partial charge on any atom is 0.303 e. The van der Waals surface area contributed by atoms with Crippen molar-refractivity contribution in [1.29, 1.82) is 0 Å². The fourth-order valence-electron chi connectivity index (χ4n) is 3.57. The number of ether oxygens (including phenoxy) is 4. The van der Waals surface area contributed by atoms with Gasteiger partial charge in [-0.3, -0.25) is 9.59 Å². The minimum atomic E-state index is -1.60. The Kier molecular flexibility index (Phi) is 7.97. The topological polar surface area (TPSA) is 102 Å². The second-order valence-corrected chi connectivity index (χ2v) is 8.12. The fraction of sp³-hybridized carbons (Fsp3) is 0.500. The first kappa shape index (κ1) is 25.0. The maximum absolute atomic E-state index is 13.7. The quantitative estimate of drug-likeness (QED) is 0.429. The average molecular weight is 489 g/mol. The summed E-state index contributed by atoms with van der Waals surface area (Å²) in [6.07, 6.45) is 0.575. The molecule has 0 radical (unpaired) electrons. The van der Waals surface area contributed by atoms with E-state index in [0.29, 0.717) is 0 Å². The predicted octanol–water partition coefficient (Wildman–Crippen LogP) is 2.50. The molecule has 1 aromatic carbocycles. The highest BCUT2D eigenvalue weighted by Gasteiger charge is 2.50. The minimum Gasteiger partial charge on any atom is -0.463 e. The van der Waals surface area contributed by atoms with Gasteiger partial charge in [0.25, 0.3) is 0 Å². The monoisotopic (exact) mass is 489 g/mol. The average Bonchev–Trinajstić information content (AvgIpc) is 3.24. The Bertz CT molecular complexity index is 1000. The van der Waals surface area contributed by atoms with E-state index in [-0.39, 0.29) is 17.9 Å². The molecule has 1 aromatic heterocycles. The van der Waals surface area contributed by atoms with Crippen LogP contribution in [-0.4, -0.2) is 70.7 Å². The normalized spacial score (nSPS) is 25.0. The van der Waals surface area contributed by atoms with Gasteiger partial charge in [0.05, 0.1) is 6.20 Å². The number of aromatic nitrogens is 3. The lowest BCUT2D eigenvalue weighted by Gasteiger charge is -2.44. The molecule has 0 aliphatic carbocycles. The van der Waals surface area contributed by atoms with Crippen molar-refractivity contribution in [2.24, 2.45) is 0 Å². The number of halogens is 3. The van der Waals surface area contributed by atoms with Crippen LogP contribution in [0.5, 0.6) is 0 Å². The van der Waals surface area contributed by atoms with Crippen molar-refractivity contribution in [2.75, 3.05) is 20.0 Å².